The van der Waals surface area contributed by atoms with Crippen LogP contribution in [-0.4, -0.2) is 150 Å². The number of likely N-dealkylation sites (tertiary alicyclic amines) is 2. The van der Waals surface area contributed by atoms with Gasteiger partial charge in [-0.15, -0.1) is 0 Å². The molecule has 2 unspecified atom stereocenters. The topological polar surface area (TPSA) is 213 Å². The van der Waals surface area contributed by atoms with Gasteiger partial charge in [0.2, 0.25) is 5.91 Å². The highest BCUT2D eigenvalue weighted by Gasteiger charge is 2.47. The molecule has 3 aromatic heterocycles. The molecule has 5 aromatic rings. The number of aromatic nitrogens is 4. The lowest BCUT2D eigenvalue weighted by Crippen LogP contribution is -2.65. The molecular formula is C56H75N11O8. The van der Waals surface area contributed by atoms with Crippen LogP contribution in [0.5, 0.6) is 0 Å². The van der Waals surface area contributed by atoms with E-state index in [4.69, 9.17) is 28.9 Å². The van der Waals surface area contributed by atoms with Gasteiger partial charge in [-0.3, -0.25) is 9.69 Å². The van der Waals surface area contributed by atoms with Crippen LogP contribution in [0.15, 0.2) is 91.4 Å². The number of rotatable bonds is 21. The van der Waals surface area contributed by atoms with Gasteiger partial charge in [-0.25, -0.2) is 19.6 Å². The molecule has 3 amide bonds. The lowest BCUT2D eigenvalue weighted by atomic mass is 9.97. The van der Waals surface area contributed by atoms with Crippen LogP contribution >= 0.6 is 0 Å². The molecule has 0 spiro atoms. The molecule has 2 aromatic carbocycles. The van der Waals surface area contributed by atoms with Crippen LogP contribution in [-0.2, 0) is 23.7 Å². The molecule has 0 aliphatic carbocycles. The normalized spacial score (nSPS) is 19.8. The van der Waals surface area contributed by atoms with Gasteiger partial charge in [0.15, 0.2) is 0 Å². The average Bonchev–Trinajstić information content (AvgIpc) is 4.30. The predicted octanol–water partition coefficient (Wildman–Crippen LogP) is 7.11. The Kier molecular flexibility index (Phi) is 17.5. The largest absolute Gasteiger partial charge is 0.453 e. The standard InChI is InChI=1S/C56H75N11O8/c1-35(2)49(61-54(70)74-8)52(68)65-26-10-12-46(65)51-58-33-42(60-51)37-14-18-39(19-15-37)44-23-24-45(67(44)41-22-25-48(57-32-41)64(28-30-72-6)29-31-73-7)40-20-16-38(17-21-40)43-34-59-56(5,63-43)47-13-11-27-66(47)53(69)50(36(3)4)62-55(71)75-9/h14-25,32-36,46-47,49-50,53,59,63,69H,10-13,26-31H2,1-9H3,(H,58,60)(H,61,70)(H,62,71)/t46-,47-,49-,50-,53?,56?/m0/s1. The Hall–Kier alpha value is -6.93. The summed E-state index contributed by atoms with van der Waals surface area (Å²) in [5, 5.41) is 24.6. The molecular weight excluding hydrogens is 955 g/mol. The zero-order valence-electron chi connectivity index (χ0n) is 44.8. The number of H-pyrrole nitrogens is 1. The Morgan fingerprint density at radius 3 is 1.96 bits per heavy atom. The van der Waals surface area contributed by atoms with E-state index in [2.05, 4.69) is 114 Å². The number of aliphatic hydroxyl groups excluding tert-OH is 1. The average molecular weight is 1030 g/mol. The predicted molar refractivity (Wildman–Crippen MR) is 288 cm³/mol. The number of imidazole rings is 1. The number of alkyl carbamates (subject to hydrolysis) is 2. The molecule has 3 aliphatic rings. The molecule has 3 aliphatic heterocycles. The summed E-state index contributed by atoms with van der Waals surface area (Å²) < 4.78 is 22.8. The first-order chi connectivity index (χ1) is 36.2. The van der Waals surface area contributed by atoms with Crippen LogP contribution in [0.2, 0.25) is 0 Å². The van der Waals surface area contributed by atoms with E-state index >= 15 is 0 Å². The van der Waals surface area contributed by atoms with Crippen molar-refractivity contribution in [3.63, 3.8) is 0 Å². The third-order valence-electron chi connectivity index (χ3n) is 14.9. The summed E-state index contributed by atoms with van der Waals surface area (Å²) in [5.41, 5.74) is 7.98. The van der Waals surface area contributed by atoms with E-state index in [9.17, 15) is 19.5 Å². The summed E-state index contributed by atoms with van der Waals surface area (Å²) in [7, 11) is 6.01. The van der Waals surface area contributed by atoms with E-state index in [1.807, 2.05) is 57.3 Å². The van der Waals surface area contributed by atoms with Gasteiger partial charge >= 0.3 is 12.2 Å². The molecule has 75 heavy (non-hydrogen) atoms. The number of ether oxygens (including phenoxy) is 4. The van der Waals surface area contributed by atoms with Crippen molar-refractivity contribution in [2.45, 2.75) is 96.4 Å². The van der Waals surface area contributed by atoms with Crippen molar-refractivity contribution in [1.82, 2.24) is 50.6 Å². The van der Waals surface area contributed by atoms with Gasteiger partial charge in [0.05, 0.1) is 86.4 Å². The van der Waals surface area contributed by atoms with Crippen molar-refractivity contribution in [1.29, 1.82) is 0 Å². The number of nitrogens with zero attached hydrogens (tertiary/aromatic N) is 6. The highest BCUT2D eigenvalue weighted by atomic mass is 16.5. The minimum atomic E-state index is -0.905. The number of methoxy groups -OCH3 is 4. The number of hydrogen-bond donors (Lipinski definition) is 6. The molecule has 0 radical (unpaired) electrons. The number of aliphatic hydroxyl groups is 1. The minimum Gasteiger partial charge on any atom is -0.453 e. The SMILES string of the molecule is COCCN(CCOC)c1ccc(-n2c(-c3ccc(C4=CNC(C)([C@@H]5CCCN5C(O)[C@@H](NC(=O)OC)C(C)C)N4)cc3)ccc2-c2ccc(-c3cnc([C@@H]4CCCN4C(=O)[C@@H](NC(=O)OC)C(C)C)[nH]3)cc2)cn1. The molecule has 402 valence electrons. The second kappa shape index (κ2) is 24.2. The zero-order chi connectivity index (χ0) is 53.4. The maximum absolute atomic E-state index is 13.8. The molecule has 6 atom stereocenters. The number of pyridine rings is 1. The number of carbonyl (C=O) groups is 3. The number of carbonyl (C=O) groups excluding carboxylic acids is 3. The monoisotopic (exact) mass is 1030 g/mol. The fraction of sp³-hybridized carbons (Fsp3) is 0.482. The van der Waals surface area contributed by atoms with Crippen molar-refractivity contribution >= 4 is 29.6 Å². The van der Waals surface area contributed by atoms with Gasteiger partial charge in [-0.2, -0.15) is 0 Å². The third kappa shape index (κ3) is 12.0. The fourth-order valence-corrected chi connectivity index (χ4v) is 10.7. The second-order valence-corrected chi connectivity index (χ2v) is 20.4. The Labute approximate surface area is 440 Å². The van der Waals surface area contributed by atoms with Gasteiger partial charge in [-0.1, -0.05) is 76.2 Å². The van der Waals surface area contributed by atoms with Crippen molar-refractivity contribution < 1.29 is 38.4 Å². The summed E-state index contributed by atoms with van der Waals surface area (Å²) in [6.45, 7) is 13.6. The highest BCUT2D eigenvalue weighted by Crippen LogP contribution is 2.38. The van der Waals surface area contributed by atoms with Crippen molar-refractivity contribution in [2.24, 2.45) is 11.8 Å². The molecule has 19 nitrogen and oxygen atoms in total. The van der Waals surface area contributed by atoms with Gasteiger partial charge in [0.1, 0.15) is 29.6 Å². The van der Waals surface area contributed by atoms with Crippen molar-refractivity contribution in [3.05, 3.63) is 103 Å². The maximum atomic E-state index is 13.8. The number of anilines is 1. The minimum absolute atomic E-state index is 0.0256. The van der Waals surface area contributed by atoms with Crippen LogP contribution < -0.4 is 26.2 Å². The smallest absolute Gasteiger partial charge is 0.407 e. The Bertz CT molecular complexity index is 2730. The van der Waals surface area contributed by atoms with Crippen LogP contribution in [0.25, 0.3) is 45.2 Å². The lowest BCUT2D eigenvalue weighted by Gasteiger charge is -2.43. The first kappa shape index (κ1) is 54.3. The van der Waals surface area contributed by atoms with Crippen molar-refractivity contribution in [2.75, 3.05) is 72.7 Å². The maximum Gasteiger partial charge on any atom is 0.407 e. The van der Waals surface area contributed by atoms with E-state index < -0.39 is 36.2 Å². The van der Waals surface area contributed by atoms with Crippen LogP contribution in [0.4, 0.5) is 15.4 Å². The summed E-state index contributed by atoms with van der Waals surface area (Å²) in [5.74, 6) is 1.22. The quantitative estimate of drug-likeness (QED) is 0.0433. The zero-order valence-corrected chi connectivity index (χ0v) is 44.8. The van der Waals surface area contributed by atoms with E-state index in [-0.39, 0.29) is 29.8 Å². The fourth-order valence-electron chi connectivity index (χ4n) is 10.7. The Morgan fingerprint density at radius 2 is 1.37 bits per heavy atom. The molecule has 6 N–H and O–H groups in total. The van der Waals surface area contributed by atoms with E-state index in [1.54, 1.807) is 14.2 Å². The summed E-state index contributed by atoms with van der Waals surface area (Å²) in [4.78, 5) is 57.5. The van der Waals surface area contributed by atoms with E-state index in [1.165, 1.54) is 14.2 Å². The Balaban J connectivity index is 1.05. The number of benzene rings is 2. The Morgan fingerprint density at radius 1 is 0.760 bits per heavy atom. The van der Waals surface area contributed by atoms with Crippen LogP contribution in [0, 0.1) is 11.8 Å². The summed E-state index contributed by atoms with van der Waals surface area (Å²) >= 11 is 0. The molecule has 8 rings (SSSR count). The molecule has 6 heterocycles. The van der Waals surface area contributed by atoms with E-state index in [0.29, 0.717) is 45.2 Å². The van der Waals surface area contributed by atoms with Crippen molar-refractivity contribution in [3.8, 4) is 39.5 Å². The molecule has 19 heteroatoms. The lowest BCUT2D eigenvalue weighted by molar-refractivity contribution is -0.135. The third-order valence-corrected chi connectivity index (χ3v) is 14.9. The first-order valence-electron chi connectivity index (χ1n) is 26.0. The number of hydrogen-bond acceptors (Lipinski definition) is 14. The van der Waals surface area contributed by atoms with Gasteiger partial charge in [0.25, 0.3) is 0 Å². The summed E-state index contributed by atoms with van der Waals surface area (Å²) in [6, 6.07) is 23.8. The van der Waals surface area contributed by atoms with Gasteiger partial charge in [-0.05, 0) is 91.0 Å². The highest BCUT2D eigenvalue weighted by molar-refractivity contribution is 5.86. The molecule has 2 saturated heterocycles. The van der Waals surface area contributed by atoms with Gasteiger partial charge < -0.3 is 64.7 Å². The van der Waals surface area contributed by atoms with Gasteiger partial charge in [0, 0.05) is 46.6 Å². The van der Waals surface area contributed by atoms with Crippen LogP contribution in [0.3, 0.4) is 0 Å². The molecule has 0 saturated carbocycles. The number of nitrogens with one attached hydrogen (secondary N) is 5. The first-order valence-corrected chi connectivity index (χ1v) is 26.0. The second-order valence-electron chi connectivity index (χ2n) is 20.4. The molecule has 2 fully saturated rings. The summed E-state index contributed by atoms with van der Waals surface area (Å²) in [6.07, 6.45) is 6.98. The molecule has 0 bridgehead atoms. The van der Waals surface area contributed by atoms with Crippen LogP contribution in [0.1, 0.15) is 77.7 Å². The number of amides is 3. The number of aromatic amines is 1. The van der Waals surface area contributed by atoms with E-state index in [0.717, 1.165) is 82.2 Å².